The fraction of sp³-hybridized carbons (Fsp3) is 0.0909. The van der Waals surface area contributed by atoms with Crippen molar-refractivity contribution in [2.45, 2.75) is 0 Å². The summed E-state index contributed by atoms with van der Waals surface area (Å²) in [4.78, 5) is 14.3. The Morgan fingerprint density at radius 3 is 2.82 bits per heavy atom. The monoisotopic (exact) mass is 229 g/mol. The maximum absolute atomic E-state index is 10.8. The predicted octanol–water partition coefficient (Wildman–Crippen LogP) is 2.02. The quantitative estimate of drug-likeness (QED) is 0.580. The van der Waals surface area contributed by atoms with E-state index in [9.17, 15) is 10.1 Å². The highest BCUT2D eigenvalue weighted by Gasteiger charge is 2.19. The summed E-state index contributed by atoms with van der Waals surface area (Å²) in [7, 11) is 1.34. The molecule has 6 heteroatoms. The highest BCUT2D eigenvalue weighted by Crippen LogP contribution is 2.34. The molecule has 0 saturated heterocycles. The second-order valence-electron chi connectivity index (χ2n) is 3.24. The summed E-state index contributed by atoms with van der Waals surface area (Å²) in [5.41, 5.74) is 0.562. The first-order valence-electron chi connectivity index (χ1n) is 4.69. The molecular weight excluding hydrogens is 222 g/mol. The standard InChI is InChI=1S/C11H7N3O3/c1-17-11-9(14(15)16)3-2-8-7(6-12)4-5-13-10(8)11/h2-5H,1H3. The average Bonchev–Trinajstić information content (AvgIpc) is 2.36. The lowest BCUT2D eigenvalue weighted by molar-refractivity contribution is -0.385. The van der Waals surface area contributed by atoms with Gasteiger partial charge in [0.2, 0.25) is 5.75 Å². The second kappa shape index (κ2) is 4.06. The van der Waals surface area contributed by atoms with Gasteiger partial charge in [-0.05, 0) is 12.1 Å². The number of aromatic nitrogens is 1. The molecule has 0 aliphatic rings. The third kappa shape index (κ3) is 1.63. The fourth-order valence-corrected chi connectivity index (χ4v) is 1.62. The molecule has 1 heterocycles. The van der Waals surface area contributed by atoms with Crippen molar-refractivity contribution >= 4 is 16.6 Å². The van der Waals surface area contributed by atoms with Gasteiger partial charge in [-0.25, -0.2) is 0 Å². The molecule has 0 N–H and O–H groups in total. The van der Waals surface area contributed by atoms with Crippen LogP contribution >= 0.6 is 0 Å². The topological polar surface area (TPSA) is 89.0 Å². The molecule has 0 saturated carbocycles. The number of ether oxygens (including phenoxy) is 1. The third-order valence-electron chi connectivity index (χ3n) is 2.37. The predicted molar refractivity (Wildman–Crippen MR) is 59.7 cm³/mol. The fourth-order valence-electron chi connectivity index (χ4n) is 1.62. The van der Waals surface area contributed by atoms with Gasteiger partial charge in [0, 0.05) is 17.6 Å². The van der Waals surface area contributed by atoms with Gasteiger partial charge in [0.05, 0.1) is 23.7 Å². The minimum absolute atomic E-state index is 0.0737. The van der Waals surface area contributed by atoms with Crippen molar-refractivity contribution in [1.29, 1.82) is 5.26 Å². The van der Waals surface area contributed by atoms with Gasteiger partial charge in [-0.3, -0.25) is 15.1 Å². The molecule has 0 atom stereocenters. The summed E-state index contributed by atoms with van der Waals surface area (Å²) < 4.78 is 5.01. The van der Waals surface area contributed by atoms with Crippen LogP contribution in [0.1, 0.15) is 5.56 Å². The molecule has 0 amide bonds. The molecule has 2 aromatic rings. The number of nitriles is 1. The highest BCUT2D eigenvalue weighted by atomic mass is 16.6. The number of fused-ring (bicyclic) bond motifs is 1. The molecule has 1 aromatic heterocycles. The summed E-state index contributed by atoms with van der Waals surface area (Å²) in [6.45, 7) is 0. The maximum Gasteiger partial charge on any atom is 0.313 e. The molecule has 0 bridgehead atoms. The van der Waals surface area contributed by atoms with Crippen LogP contribution in [-0.4, -0.2) is 17.0 Å². The lowest BCUT2D eigenvalue weighted by Gasteiger charge is -2.05. The van der Waals surface area contributed by atoms with Crippen molar-refractivity contribution in [1.82, 2.24) is 4.98 Å². The van der Waals surface area contributed by atoms with Gasteiger partial charge in [0.15, 0.2) is 0 Å². The van der Waals surface area contributed by atoms with E-state index in [1.165, 1.54) is 25.4 Å². The van der Waals surface area contributed by atoms with E-state index >= 15 is 0 Å². The van der Waals surface area contributed by atoms with Crippen LogP contribution in [0.4, 0.5) is 5.69 Å². The molecule has 17 heavy (non-hydrogen) atoms. The zero-order valence-electron chi connectivity index (χ0n) is 8.88. The molecule has 84 valence electrons. The molecule has 0 fully saturated rings. The van der Waals surface area contributed by atoms with Crippen LogP contribution in [0, 0.1) is 21.4 Å². The van der Waals surface area contributed by atoms with Crippen molar-refractivity contribution in [3.8, 4) is 11.8 Å². The summed E-state index contributed by atoms with van der Waals surface area (Å²) in [6, 6.07) is 6.36. The number of nitro benzene ring substituents is 1. The first kappa shape index (κ1) is 10.8. The summed E-state index contributed by atoms with van der Waals surface area (Å²) in [5, 5.41) is 20.3. The number of benzene rings is 1. The first-order valence-corrected chi connectivity index (χ1v) is 4.69. The number of hydrogen-bond acceptors (Lipinski definition) is 5. The van der Waals surface area contributed by atoms with Gasteiger partial charge >= 0.3 is 5.69 Å². The first-order chi connectivity index (χ1) is 8.19. The van der Waals surface area contributed by atoms with Gasteiger partial charge in [-0.15, -0.1) is 0 Å². The molecule has 0 spiro atoms. The summed E-state index contributed by atoms with van der Waals surface area (Å²) >= 11 is 0. The Hall–Kier alpha value is -2.68. The Morgan fingerprint density at radius 1 is 1.47 bits per heavy atom. The Labute approximate surface area is 96.2 Å². The molecular formula is C11H7N3O3. The minimum Gasteiger partial charge on any atom is -0.489 e. The number of rotatable bonds is 2. The van der Waals surface area contributed by atoms with Crippen LogP contribution in [0.25, 0.3) is 10.9 Å². The normalized spacial score (nSPS) is 9.88. The zero-order valence-corrected chi connectivity index (χ0v) is 8.88. The van der Waals surface area contributed by atoms with E-state index in [1.54, 1.807) is 6.07 Å². The van der Waals surface area contributed by atoms with E-state index in [0.29, 0.717) is 16.5 Å². The summed E-state index contributed by atoms with van der Waals surface area (Å²) in [6.07, 6.45) is 1.42. The number of nitrogens with zero attached hydrogens (tertiary/aromatic N) is 3. The van der Waals surface area contributed by atoms with Gasteiger partial charge in [0.25, 0.3) is 0 Å². The van der Waals surface area contributed by atoms with E-state index < -0.39 is 4.92 Å². The van der Waals surface area contributed by atoms with E-state index in [0.717, 1.165) is 0 Å². The average molecular weight is 229 g/mol. The van der Waals surface area contributed by atoms with Crippen molar-refractivity contribution < 1.29 is 9.66 Å². The Balaban J connectivity index is 2.89. The molecule has 2 rings (SSSR count). The minimum atomic E-state index is -0.543. The van der Waals surface area contributed by atoms with Crippen molar-refractivity contribution in [2.24, 2.45) is 0 Å². The van der Waals surface area contributed by atoms with Crippen LogP contribution in [0.5, 0.6) is 5.75 Å². The zero-order chi connectivity index (χ0) is 12.4. The number of nitro groups is 1. The number of methoxy groups -OCH3 is 1. The molecule has 0 aliphatic carbocycles. The molecule has 1 aromatic carbocycles. The third-order valence-corrected chi connectivity index (χ3v) is 2.37. The number of hydrogen-bond donors (Lipinski definition) is 0. The molecule has 0 aliphatic heterocycles. The maximum atomic E-state index is 10.8. The van der Waals surface area contributed by atoms with E-state index in [2.05, 4.69) is 4.98 Å². The Kier molecular flexibility index (Phi) is 2.58. The smallest absolute Gasteiger partial charge is 0.313 e. The van der Waals surface area contributed by atoms with Gasteiger partial charge < -0.3 is 4.74 Å². The lowest BCUT2D eigenvalue weighted by Crippen LogP contribution is -1.96. The highest BCUT2D eigenvalue weighted by molar-refractivity contribution is 5.92. The largest absolute Gasteiger partial charge is 0.489 e. The van der Waals surface area contributed by atoms with Crippen LogP contribution in [0.2, 0.25) is 0 Å². The van der Waals surface area contributed by atoms with Gasteiger partial charge in [-0.1, -0.05) is 0 Å². The van der Waals surface area contributed by atoms with Crippen molar-refractivity contribution in [3.05, 3.63) is 40.1 Å². The Bertz CT molecular complexity index is 646. The van der Waals surface area contributed by atoms with E-state index in [1.807, 2.05) is 6.07 Å². The Morgan fingerprint density at radius 2 is 2.24 bits per heavy atom. The van der Waals surface area contributed by atoms with Crippen molar-refractivity contribution in [3.63, 3.8) is 0 Å². The molecule has 0 radical (unpaired) electrons. The van der Waals surface area contributed by atoms with Gasteiger partial charge in [0.1, 0.15) is 5.52 Å². The van der Waals surface area contributed by atoms with Crippen LogP contribution < -0.4 is 4.74 Å². The SMILES string of the molecule is COc1c([N+](=O)[O-])ccc2c(C#N)ccnc12. The van der Waals surface area contributed by atoms with E-state index in [4.69, 9.17) is 10.00 Å². The van der Waals surface area contributed by atoms with Crippen LogP contribution in [0.3, 0.4) is 0 Å². The lowest BCUT2D eigenvalue weighted by atomic mass is 10.1. The molecule has 0 unspecified atom stereocenters. The van der Waals surface area contributed by atoms with Crippen molar-refractivity contribution in [2.75, 3.05) is 7.11 Å². The van der Waals surface area contributed by atoms with Crippen LogP contribution in [-0.2, 0) is 0 Å². The molecule has 6 nitrogen and oxygen atoms in total. The van der Waals surface area contributed by atoms with Gasteiger partial charge in [-0.2, -0.15) is 5.26 Å². The number of pyridine rings is 1. The van der Waals surface area contributed by atoms with Crippen LogP contribution in [0.15, 0.2) is 24.4 Å². The second-order valence-corrected chi connectivity index (χ2v) is 3.24. The summed E-state index contributed by atoms with van der Waals surface area (Å²) in [5.74, 6) is 0.0737. The van der Waals surface area contributed by atoms with E-state index in [-0.39, 0.29) is 11.4 Å².